The molecule has 0 saturated carbocycles. The number of rotatable bonds is 9. The molecule has 3 aromatic carbocycles. The molecule has 0 spiro atoms. The van der Waals surface area contributed by atoms with Crippen LogP contribution in [-0.2, 0) is 11.5 Å². The summed E-state index contributed by atoms with van der Waals surface area (Å²) in [5.74, 6) is 1.89. The van der Waals surface area contributed by atoms with Gasteiger partial charge < -0.3 is 5.32 Å². The standard InChI is InChI=1S/C23H21ClFNOS2/c24-20-9-11-21(12-10-20)29-15-17-5-7-18(8-6-17)23(27)26-13-14-28-16-19-3-1-2-4-22(19)25/h1-12H,13-16H2,(H,26,27). The molecule has 0 heterocycles. The average molecular weight is 446 g/mol. The summed E-state index contributed by atoms with van der Waals surface area (Å²) in [4.78, 5) is 13.4. The summed E-state index contributed by atoms with van der Waals surface area (Å²) < 4.78 is 13.6. The summed E-state index contributed by atoms with van der Waals surface area (Å²) in [6.07, 6.45) is 0. The van der Waals surface area contributed by atoms with E-state index in [0.29, 0.717) is 23.4 Å². The van der Waals surface area contributed by atoms with Gasteiger partial charge in [-0.15, -0.1) is 11.8 Å². The molecule has 0 radical (unpaired) electrons. The van der Waals surface area contributed by atoms with E-state index in [1.165, 1.54) is 6.07 Å². The fourth-order valence-electron chi connectivity index (χ4n) is 2.59. The van der Waals surface area contributed by atoms with E-state index in [-0.39, 0.29) is 11.7 Å². The maximum atomic E-state index is 13.6. The van der Waals surface area contributed by atoms with Crippen molar-refractivity contribution < 1.29 is 9.18 Å². The zero-order valence-corrected chi connectivity index (χ0v) is 18.1. The first-order valence-corrected chi connectivity index (χ1v) is 11.7. The van der Waals surface area contributed by atoms with Gasteiger partial charge in [0, 0.05) is 39.3 Å². The fraction of sp³-hybridized carbons (Fsp3) is 0.174. The molecular formula is C23H21ClFNOS2. The zero-order valence-electron chi connectivity index (χ0n) is 15.7. The molecule has 0 aliphatic rings. The van der Waals surface area contributed by atoms with E-state index >= 15 is 0 Å². The highest BCUT2D eigenvalue weighted by Crippen LogP contribution is 2.24. The van der Waals surface area contributed by atoms with E-state index in [2.05, 4.69) is 5.32 Å². The van der Waals surface area contributed by atoms with Gasteiger partial charge in [0.25, 0.3) is 5.91 Å². The van der Waals surface area contributed by atoms with Gasteiger partial charge in [0.05, 0.1) is 0 Å². The van der Waals surface area contributed by atoms with Gasteiger partial charge in [-0.25, -0.2) is 4.39 Å². The molecule has 29 heavy (non-hydrogen) atoms. The van der Waals surface area contributed by atoms with Gasteiger partial charge >= 0.3 is 0 Å². The van der Waals surface area contributed by atoms with Crippen LogP contribution in [0.25, 0.3) is 0 Å². The molecule has 1 N–H and O–H groups in total. The van der Waals surface area contributed by atoms with Gasteiger partial charge in [0.1, 0.15) is 5.82 Å². The summed E-state index contributed by atoms with van der Waals surface area (Å²) >= 11 is 9.23. The van der Waals surface area contributed by atoms with Crippen LogP contribution >= 0.6 is 35.1 Å². The van der Waals surface area contributed by atoms with Gasteiger partial charge in [0.2, 0.25) is 0 Å². The first kappa shape index (κ1) is 21.8. The smallest absolute Gasteiger partial charge is 0.251 e. The van der Waals surface area contributed by atoms with Crippen LogP contribution in [0.2, 0.25) is 5.02 Å². The molecular weight excluding hydrogens is 425 g/mol. The van der Waals surface area contributed by atoms with Crippen molar-refractivity contribution in [1.29, 1.82) is 0 Å². The van der Waals surface area contributed by atoms with Crippen LogP contribution in [0.1, 0.15) is 21.5 Å². The van der Waals surface area contributed by atoms with E-state index < -0.39 is 0 Å². The lowest BCUT2D eigenvalue weighted by Crippen LogP contribution is -2.25. The maximum absolute atomic E-state index is 13.6. The first-order chi connectivity index (χ1) is 14.1. The molecule has 0 aliphatic heterocycles. The van der Waals surface area contributed by atoms with Crippen molar-refractivity contribution in [3.05, 3.63) is 100 Å². The highest BCUT2D eigenvalue weighted by atomic mass is 35.5. The number of carbonyl (C=O) groups is 1. The monoisotopic (exact) mass is 445 g/mol. The highest BCUT2D eigenvalue weighted by Gasteiger charge is 2.06. The van der Waals surface area contributed by atoms with E-state index in [4.69, 9.17) is 11.6 Å². The Hall–Kier alpha value is -1.95. The number of benzene rings is 3. The third kappa shape index (κ3) is 7.11. The van der Waals surface area contributed by atoms with Gasteiger partial charge in [-0.2, -0.15) is 11.8 Å². The van der Waals surface area contributed by atoms with Crippen LogP contribution in [-0.4, -0.2) is 18.2 Å². The first-order valence-electron chi connectivity index (χ1n) is 9.18. The van der Waals surface area contributed by atoms with Crippen LogP contribution in [0, 0.1) is 5.82 Å². The Morgan fingerprint density at radius 2 is 1.66 bits per heavy atom. The van der Waals surface area contributed by atoms with Crippen LogP contribution in [0.3, 0.4) is 0 Å². The fourth-order valence-corrected chi connectivity index (χ4v) is 4.41. The lowest BCUT2D eigenvalue weighted by atomic mass is 10.1. The van der Waals surface area contributed by atoms with E-state index in [9.17, 15) is 9.18 Å². The second-order valence-electron chi connectivity index (χ2n) is 6.34. The van der Waals surface area contributed by atoms with Gasteiger partial charge in [-0.1, -0.05) is 41.9 Å². The van der Waals surface area contributed by atoms with Crippen molar-refractivity contribution in [2.75, 3.05) is 12.3 Å². The molecule has 150 valence electrons. The quantitative estimate of drug-likeness (QED) is 0.303. The second-order valence-corrected chi connectivity index (χ2v) is 8.93. The summed E-state index contributed by atoms with van der Waals surface area (Å²) in [5.41, 5.74) is 2.49. The predicted octanol–water partition coefficient (Wildman–Crippen LogP) is 6.43. The molecule has 6 heteroatoms. The molecule has 0 fully saturated rings. The number of amides is 1. The topological polar surface area (TPSA) is 29.1 Å². The van der Waals surface area contributed by atoms with Crippen molar-refractivity contribution in [2.24, 2.45) is 0 Å². The van der Waals surface area contributed by atoms with E-state index in [1.54, 1.807) is 35.7 Å². The minimum absolute atomic E-state index is 0.0894. The van der Waals surface area contributed by atoms with Crippen molar-refractivity contribution in [2.45, 2.75) is 16.4 Å². The molecule has 3 rings (SSSR count). The van der Waals surface area contributed by atoms with E-state index in [0.717, 1.165) is 27.0 Å². The molecule has 0 unspecified atom stereocenters. The number of hydrogen-bond donors (Lipinski definition) is 1. The van der Waals surface area contributed by atoms with Crippen molar-refractivity contribution >= 4 is 41.0 Å². The molecule has 0 saturated heterocycles. The Morgan fingerprint density at radius 3 is 2.38 bits per heavy atom. The maximum Gasteiger partial charge on any atom is 0.251 e. The Bertz CT molecular complexity index is 932. The number of halogens is 2. The SMILES string of the molecule is O=C(NCCSCc1ccccc1F)c1ccc(CSc2ccc(Cl)cc2)cc1. The molecule has 1 amide bonds. The zero-order chi connectivity index (χ0) is 20.5. The molecule has 0 atom stereocenters. The average Bonchev–Trinajstić information content (AvgIpc) is 2.74. The summed E-state index contributed by atoms with van der Waals surface area (Å²) in [5, 5.41) is 3.64. The molecule has 0 aliphatic carbocycles. The Kier molecular flexibility index (Phi) is 8.47. The minimum Gasteiger partial charge on any atom is -0.351 e. The highest BCUT2D eigenvalue weighted by molar-refractivity contribution is 7.98. The third-order valence-corrected chi connectivity index (χ3v) is 6.53. The molecule has 3 aromatic rings. The van der Waals surface area contributed by atoms with Crippen LogP contribution in [0.4, 0.5) is 4.39 Å². The van der Waals surface area contributed by atoms with Gasteiger partial charge in [-0.3, -0.25) is 4.79 Å². The normalized spacial score (nSPS) is 10.7. The molecule has 0 bridgehead atoms. The largest absolute Gasteiger partial charge is 0.351 e. The van der Waals surface area contributed by atoms with Crippen molar-refractivity contribution in [1.82, 2.24) is 5.32 Å². The molecule has 0 aromatic heterocycles. The number of hydrogen-bond acceptors (Lipinski definition) is 3. The number of carbonyl (C=O) groups excluding carboxylic acids is 1. The Balaban J connectivity index is 1.38. The molecule has 2 nitrogen and oxygen atoms in total. The third-order valence-electron chi connectivity index (χ3n) is 4.18. The summed E-state index contributed by atoms with van der Waals surface area (Å²) in [6.45, 7) is 0.548. The van der Waals surface area contributed by atoms with Crippen LogP contribution in [0.15, 0.2) is 77.7 Å². The lowest BCUT2D eigenvalue weighted by Gasteiger charge is -2.07. The van der Waals surface area contributed by atoms with Crippen LogP contribution < -0.4 is 5.32 Å². The van der Waals surface area contributed by atoms with Crippen LogP contribution in [0.5, 0.6) is 0 Å². The summed E-state index contributed by atoms with van der Waals surface area (Å²) in [7, 11) is 0. The minimum atomic E-state index is -0.182. The van der Waals surface area contributed by atoms with Gasteiger partial charge in [-0.05, 0) is 53.6 Å². The van der Waals surface area contributed by atoms with Crippen molar-refractivity contribution in [3.63, 3.8) is 0 Å². The second kappa shape index (κ2) is 11.3. The Morgan fingerprint density at radius 1 is 0.931 bits per heavy atom. The van der Waals surface area contributed by atoms with Gasteiger partial charge in [0.15, 0.2) is 0 Å². The predicted molar refractivity (Wildman–Crippen MR) is 122 cm³/mol. The van der Waals surface area contributed by atoms with Crippen molar-refractivity contribution in [3.8, 4) is 0 Å². The van der Waals surface area contributed by atoms with E-state index in [1.807, 2.05) is 54.6 Å². The Labute approximate surface area is 184 Å². The number of nitrogens with one attached hydrogen (secondary N) is 1. The summed E-state index contributed by atoms with van der Waals surface area (Å²) in [6, 6.07) is 22.2. The number of thioether (sulfide) groups is 2. The lowest BCUT2D eigenvalue weighted by molar-refractivity contribution is 0.0956.